The topological polar surface area (TPSA) is 52.6 Å². The van der Waals surface area contributed by atoms with Crippen molar-refractivity contribution in [2.75, 3.05) is 0 Å². The Hall–Kier alpha value is 0.0200. The molecule has 2 aromatic rings. The van der Waals surface area contributed by atoms with E-state index in [9.17, 15) is 9.59 Å². The Morgan fingerprint density at radius 1 is 0.433 bits per heavy atom. The second-order valence-electron chi connectivity index (χ2n) is 4.97. The average molecular weight is 613 g/mol. The molecule has 2 aromatic carbocycles. The molecular weight excluding hydrogens is 611 g/mol. The highest BCUT2D eigenvalue weighted by atomic mass is 35.5. The van der Waals surface area contributed by atoms with Gasteiger partial charge in [-0.3, -0.25) is 0 Å². The van der Waals surface area contributed by atoms with Crippen LogP contribution < -0.4 is 9.47 Å². The van der Waals surface area contributed by atoms with Gasteiger partial charge in [-0.25, -0.2) is 9.59 Å². The molecule has 0 spiro atoms. The number of rotatable bonds is 4. The minimum absolute atomic E-state index is 0.124. The van der Waals surface area contributed by atoms with Crippen LogP contribution in [-0.4, -0.2) is 11.9 Å². The van der Waals surface area contributed by atoms with Gasteiger partial charge in [-0.2, -0.15) is 0 Å². The van der Waals surface area contributed by atoms with Crippen molar-refractivity contribution in [3.05, 3.63) is 62.4 Å². The highest BCUT2D eigenvalue weighted by Gasteiger charge is 2.23. The maximum absolute atomic E-state index is 12.0. The third-order valence-corrected chi connectivity index (χ3v) is 7.58. The predicted octanol–water partition coefficient (Wildman–Crippen LogP) is 9.29. The van der Waals surface area contributed by atoms with Crippen molar-refractivity contribution in [1.29, 1.82) is 0 Å². The molecule has 0 atom stereocenters. The van der Waals surface area contributed by atoms with E-state index in [4.69, 9.17) is 125 Å². The van der Waals surface area contributed by atoms with Crippen molar-refractivity contribution < 1.29 is 19.1 Å². The lowest BCUT2D eigenvalue weighted by molar-refractivity contribution is -0.131. The highest BCUT2D eigenvalue weighted by Crippen LogP contribution is 2.49. The van der Waals surface area contributed by atoms with E-state index >= 15 is 0 Å². The Morgan fingerprint density at radius 2 is 0.633 bits per heavy atom. The molecular formula is C16H2Cl10O4. The summed E-state index contributed by atoms with van der Waals surface area (Å²) >= 11 is 59.0. The monoisotopic (exact) mass is 608 g/mol. The normalized spacial score (nSPS) is 11.1. The molecule has 0 bridgehead atoms. The summed E-state index contributed by atoms with van der Waals surface area (Å²) in [4.78, 5) is 24.0. The van der Waals surface area contributed by atoms with Gasteiger partial charge in [0.1, 0.15) is 20.1 Å². The lowest BCUT2D eigenvalue weighted by Gasteiger charge is -2.12. The number of ether oxygens (including phenoxy) is 2. The van der Waals surface area contributed by atoms with E-state index < -0.39 is 11.9 Å². The molecule has 0 aliphatic heterocycles. The minimum Gasteiger partial charge on any atom is -0.420 e. The number of hydrogen-bond acceptors (Lipinski definition) is 4. The van der Waals surface area contributed by atoms with Gasteiger partial charge < -0.3 is 9.47 Å². The van der Waals surface area contributed by atoms with Crippen LogP contribution in [0.2, 0.25) is 50.2 Å². The van der Waals surface area contributed by atoms with E-state index in [0.717, 1.165) is 0 Å². The summed E-state index contributed by atoms with van der Waals surface area (Å²) in [5.74, 6) is -2.87. The fourth-order valence-corrected chi connectivity index (χ4v) is 4.15. The van der Waals surface area contributed by atoms with Crippen LogP contribution in [0.25, 0.3) is 0 Å². The second-order valence-corrected chi connectivity index (χ2v) is 8.75. The minimum atomic E-state index is -1.07. The molecule has 160 valence electrons. The number of carbonyl (C=O) groups excluding carboxylic acids is 2. The van der Waals surface area contributed by atoms with E-state index in [0.29, 0.717) is 12.2 Å². The molecule has 0 aromatic heterocycles. The Bertz CT molecular complexity index is 953. The SMILES string of the molecule is O=C(/C=C/C(=O)Oc1c(Cl)c(Cl)c(Cl)c(Cl)c1Cl)Oc1c(Cl)c(Cl)c(Cl)c(Cl)c1Cl. The molecule has 30 heavy (non-hydrogen) atoms. The smallest absolute Gasteiger partial charge is 0.336 e. The molecule has 0 heterocycles. The molecule has 0 aliphatic rings. The molecule has 0 aliphatic carbocycles. The zero-order valence-electron chi connectivity index (χ0n) is 13.6. The first-order valence-electron chi connectivity index (χ1n) is 7.03. The highest BCUT2D eigenvalue weighted by molar-refractivity contribution is 6.56. The first-order chi connectivity index (χ1) is 13.9. The number of esters is 2. The number of carbonyl (C=O) groups is 2. The molecule has 0 fully saturated rings. The standard InChI is InChI=1S/C16H2Cl10O4/c17-5-7(19)11(23)15(12(24)8(5)20)29-3(27)1-2-4(28)30-16-13(25)9(21)6(18)10(22)14(16)26/h1-2H/b2-1+. The van der Waals surface area contributed by atoms with E-state index in [1.54, 1.807) is 0 Å². The lowest BCUT2D eigenvalue weighted by atomic mass is 10.3. The number of hydrogen-bond donors (Lipinski definition) is 0. The fourth-order valence-electron chi connectivity index (χ4n) is 1.75. The molecule has 14 heteroatoms. The van der Waals surface area contributed by atoms with E-state index in [1.807, 2.05) is 0 Å². The summed E-state index contributed by atoms with van der Waals surface area (Å²) in [6, 6.07) is 0. The second kappa shape index (κ2) is 10.8. The molecule has 0 amide bonds. The third kappa shape index (κ3) is 5.49. The molecule has 4 nitrogen and oxygen atoms in total. The van der Waals surface area contributed by atoms with Crippen LogP contribution in [0.4, 0.5) is 0 Å². The van der Waals surface area contributed by atoms with Crippen molar-refractivity contribution in [3.63, 3.8) is 0 Å². The summed E-state index contributed by atoms with van der Waals surface area (Å²) < 4.78 is 9.92. The Labute approximate surface area is 219 Å². The van der Waals surface area contributed by atoms with Crippen LogP contribution in [0.1, 0.15) is 0 Å². The van der Waals surface area contributed by atoms with Crippen molar-refractivity contribution >= 4 is 128 Å². The molecule has 0 radical (unpaired) electrons. The Kier molecular flexibility index (Phi) is 9.42. The summed E-state index contributed by atoms with van der Waals surface area (Å²) in [7, 11) is 0. The average Bonchev–Trinajstić information content (AvgIpc) is 2.72. The van der Waals surface area contributed by atoms with Crippen molar-refractivity contribution in [1.82, 2.24) is 0 Å². The Balaban J connectivity index is 2.21. The molecule has 2 rings (SSSR count). The van der Waals surface area contributed by atoms with Gasteiger partial charge in [0.15, 0.2) is 11.5 Å². The lowest BCUT2D eigenvalue weighted by Crippen LogP contribution is -2.09. The van der Waals surface area contributed by atoms with Crippen LogP contribution in [-0.2, 0) is 9.59 Å². The van der Waals surface area contributed by atoms with Gasteiger partial charge in [-0.05, 0) is 0 Å². The van der Waals surface area contributed by atoms with Crippen molar-refractivity contribution in [2.45, 2.75) is 0 Å². The maximum atomic E-state index is 12.0. The van der Waals surface area contributed by atoms with Crippen LogP contribution >= 0.6 is 116 Å². The molecule has 0 unspecified atom stereocenters. The van der Waals surface area contributed by atoms with Crippen LogP contribution in [0.5, 0.6) is 11.5 Å². The van der Waals surface area contributed by atoms with Crippen molar-refractivity contribution in [2.24, 2.45) is 0 Å². The first-order valence-corrected chi connectivity index (χ1v) is 10.8. The first kappa shape index (κ1) is 26.3. The largest absolute Gasteiger partial charge is 0.420 e. The quantitative estimate of drug-likeness (QED) is 0.114. The number of halogens is 10. The summed E-state index contributed by atoms with van der Waals surface area (Å²) in [5.41, 5.74) is 0. The van der Waals surface area contributed by atoms with E-state index in [-0.39, 0.29) is 61.7 Å². The Morgan fingerprint density at radius 3 is 0.867 bits per heavy atom. The summed E-state index contributed by atoms with van der Waals surface area (Å²) in [6.45, 7) is 0. The van der Waals surface area contributed by atoms with Gasteiger partial charge in [0.25, 0.3) is 0 Å². The van der Waals surface area contributed by atoms with Gasteiger partial charge in [0.05, 0.1) is 30.1 Å². The van der Waals surface area contributed by atoms with Crippen LogP contribution in [0.3, 0.4) is 0 Å². The van der Waals surface area contributed by atoms with Gasteiger partial charge >= 0.3 is 11.9 Å². The van der Waals surface area contributed by atoms with E-state index in [1.165, 1.54) is 0 Å². The summed E-state index contributed by atoms with van der Waals surface area (Å²) in [5, 5.41) is -2.01. The third-order valence-electron chi connectivity index (χ3n) is 3.10. The molecule has 0 saturated carbocycles. The van der Waals surface area contributed by atoms with Gasteiger partial charge in [-0.15, -0.1) is 0 Å². The van der Waals surface area contributed by atoms with E-state index in [2.05, 4.69) is 0 Å². The zero-order chi connectivity index (χ0) is 22.9. The number of benzene rings is 2. The van der Waals surface area contributed by atoms with Gasteiger partial charge in [0.2, 0.25) is 0 Å². The molecule has 0 N–H and O–H groups in total. The maximum Gasteiger partial charge on any atom is 0.336 e. The van der Waals surface area contributed by atoms with Crippen LogP contribution in [0.15, 0.2) is 12.2 Å². The molecule has 0 saturated heterocycles. The van der Waals surface area contributed by atoms with Crippen molar-refractivity contribution in [3.8, 4) is 11.5 Å². The summed E-state index contributed by atoms with van der Waals surface area (Å²) in [6.07, 6.45) is 1.40. The fraction of sp³-hybridized carbons (Fsp3) is 0. The predicted molar refractivity (Wildman–Crippen MR) is 123 cm³/mol. The van der Waals surface area contributed by atoms with Gasteiger partial charge in [0, 0.05) is 12.2 Å². The van der Waals surface area contributed by atoms with Crippen LogP contribution in [0, 0.1) is 0 Å². The van der Waals surface area contributed by atoms with Gasteiger partial charge in [-0.1, -0.05) is 116 Å². The zero-order valence-corrected chi connectivity index (χ0v) is 21.1.